The summed E-state index contributed by atoms with van der Waals surface area (Å²) in [4.78, 5) is 2.41. The van der Waals surface area contributed by atoms with Crippen LogP contribution in [0.15, 0.2) is 35.7 Å². The molecule has 2 saturated heterocycles. The quantitative estimate of drug-likeness (QED) is 0.852. The SMILES string of the molecule is O=S(=O)(C=Cc1ccccc1)N1CCN2CCCC2C1. The summed E-state index contributed by atoms with van der Waals surface area (Å²) in [6.07, 6.45) is 3.99. The molecule has 2 fully saturated rings. The molecule has 2 aliphatic heterocycles. The van der Waals surface area contributed by atoms with Crippen LogP contribution in [0, 0.1) is 0 Å². The maximum Gasteiger partial charge on any atom is 0.236 e. The fourth-order valence-electron chi connectivity index (χ4n) is 3.01. The predicted octanol–water partition coefficient (Wildman–Crippen LogP) is 1.77. The zero-order valence-corrected chi connectivity index (χ0v) is 12.3. The molecule has 0 aliphatic carbocycles. The Kier molecular flexibility index (Phi) is 3.92. The molecule has 2 aliphatic rings. The van der Waals surface area contributed by atoms with Crippen molar-refractivity contribution in [1.29, 1.82) is 0 Å². The van der Waals surface area contributed by atoms with Crippen molar-refractivity contribution < 1.29 is 8.42 Å². The van der Waals surface area contributed by atoms with E-state index in [1.807, 2.05) is 30.3 Å². The highest BCUT2D eigenvalue weighted by atomic mass is 32.2. The maximum absolute atomic E-state index is 12.4. The van der Waals surface area contributed by atoms with Crippen molar-refractivity contribution in [2.75, 3.05) is 26.2 Å². The number of piperazine rings is 1. The minimum atomic E-state index is -3.29. The average Bonchev–Trinajstić information content (AvgIpc) is 2.94. The zero-order chi connectivity index (χ0) is 14.0. The lowest BCUT2D eigenvalue weighted by Crippen LogP contribution is -2.51. The van der Waals surface area contributed by atoms with Gasteiger partial charge in [-0.05, 0) is 31.0 Å². The fraction of sp³-hybridized carbons (Fsp3) is 0.467. The molecule has 1 unspecified atom stereocenters. The summed E-state index contributed by atoms with van der Waals surface area (Å²) in [5.41, 5.74) is 0.913. The molecule has 0 spiro atoms. The van der Waals surface area contributed by atoms with Crippen LogP contribution >= 0.6 is 0 Å². The van der Waals surface area contributed by atoms with Crippen LogP contribution in [0.3, 0.4) is 0 Å². The third-order valence-electron chi connectivity index (χ3n) is 4.14. The molecule has 3 rings (SSSR count). The molecule has 0 bridgehead atoms. The Labute approximate surface area is 120 Å². The van der Waals surface area contributed by atoms with Gasteiger partial charge in [0.15, 0.2) is 0 Å². The van der Waals surface area contributed by atoms with Gasteiger partial charge in [0.1, 0.15) is 0 Å². The molecule has 1 aromatic rings. The second-order valence-electron chi connectivity index (χ2n) is 5.45. The van der Waals surface area contributed by atoms with Crippen LogP contribution in [0.25, 0.3) is 6.08 Å². The van der Waals surface area contributed by atoms with Crippen molar-refractivity contribution >= 4 is 16.1 Å². The Morgan fingerprint density at radius 3 is 2.70 bits per heavy atom. The Hall–Kier alpha value is -1.17. The Morgan fingerprint density at radius 2 is 1.90 bits per heavy atom. The van der Waals surface area contributed by atoms with Crippen LogP contribution in [0.2, 0.25) is 0 Å². The number of sulfonamides is 1. The highest BCUT2D eigenvalue weighted by Crippen LogP contribution is 2.23. The largest absolute Gasteiger partial charge is 0.298 e. The van der Waals surface area contributed by atoms with E-state index in [4.69, 9.17) is 0 Å². The topological polar surface area (TPSA) is 40.6 Å². The van der Waals surface area contributed by atoms with Crippen molar-refractivity contribution in [2.45, 2.75) is 18.9 Å². The molecule has 0 aromatic heterocycles. The van der Waals surface area contributed by atoms with Crippen molar-refractivity contribution in [3.63, 3.8) is 0 Å². The molecule has 1 aromatic carbocycles. The summed E-state index contributed by atoms with van der Waals surface area (Å²) in [6, 6.07) is 9.96. The Bertz CT molecular complexity index is 583. The van der Waals surface area contributed by atoms with Gasteiger partial charge in [-0.2, -0.15) is 4.31 Å². The van der Waals surface area contributed by atoms with Gasteiger partial charge in [0.05, 0.1) is 0 Å². The smallest absolute Gasteiger partial charge is 0.236 e. The van der Waals surface area contributed by atoms with E-state index < -0.39 is 10.0 Å². The van der Waals surface area contributed by atoms with Crippen molar-refractivity contribution in [2.24, 2.45) is 0 Å². The van der Waals surface area contributed by atoms with E-state index in [1.54, 1.807) is 10.4 Å². The predicted molar refractivity (Wildman–Crippen MR) is 80.6 cm³/mol. The van der Waals surface area contributed by atoms with Gasteiger partial charge in [-0.3, -0.25) is 4.90 Å². The molecular formula is C15H20N2O2S. The van der Waals surface area contributed by atoms with Gasteiger partial charge in [-0.15, -0.1) is 0 Å². The normalized spacial score (nSPS) is 25.1. The monoisotopic (exact) mass is 292 g/mol. The Balaban J connectivity index is 1.70. The van der Waals surface area contributed by atoms with Gasteiger partial charge in [0, 0.05) is 31.1 Å². The second kappa shape index (κ2) is 5.68. The van der Waals surface area contributed by atoms with Crippen LogP contribution in [-0.2, 0) is 10.0 Å². The highest BCUT2D eigenvalue weighted by molar-refractivity contribution is 7.92. The number of nitrogens with zero attached hydrogens (tertiary/aromatic N) is 2. The number of benzene rings is 1. The molecule has 5 heteroatoms. The lowest BCUT2D eigenvalue weighted by molar-refractivity contribution is 0.159. The summed E-state index contributed by atoms with van der Waals surface area (Å²) >= 11 is 0. The summed E-state index contributed by atoms with van der Waals surface area (Å²) in [5.74, 6) is 0. The molecule has 0 N–H and O–H groups in total. The van der Waals surface area contributed by atoms with Gasteiger partial charge < -0.3 is 0 Å². The molecule has 4 nitrogen and oxygen atoms in total. The van der Waals surface area contributed by atoms with E-state index in [0.29, 0.717) is 19.1 Å². The second-order valence-corrected chi connectivity index (χ2v) is 7.27. The average molecular weight is 292 g/mol. The van der Waals surface area contributed by atoms with Gasteiger partial charge in [0.25, 0.3) is 0 Å². The first kappa shape index (κ1) is 13.8. The van der Waals surface area contributed by atoms with Crippen molar-refractivity contribution in [3.8, 4) is 0 Å². The van der Waals surface area contributed by atoms with Crippen molar-refractivity contribution in [1.82, 2.24) is 9.21 Å². The van der Waals surface area contributed by atoms with Gasteiger partial charge in [-0.25, -0.2) is 8.42 Å². The first-order valence-electron chi connectivity index (χ1n) is 7.12. The van der Waals surface area contributed by atoms with Gasteiger partial charge in [0.2, 0.25) is 10.0 Å². The van der Waals surface area contributed by atoms with Crippen LogP contribution in [-0.4, -0.2) is 49.8 Å². The third-order valence-corrected chi connectivity index (χ3v) is 5.67. The minimum Gasteiger partial charge on any atom is -0.298 e. The molecule has 0 radical (unpaired) electrons. The summed E-state index contributed by atoms with van der Waals surface area (Å²) in [5, 5.41) is 1.34. The highest BCUT2D eigenvalue weighted by Gasteiger charge is 2.34. The molecule has 1 atom stereocenters. The minimum absolute atomic E-state index is 0.420. The zero-order valence-electron chi connectivity index (χ0n) is 11.5. The number of rotatable bonds is 3. The molecular weight excluding hydrogens is 272 g/mol. The first-order chi connectivity index (χ1) is 9.65. The lowest BCUT2D eigenvalue weighted by atomic mass is 10.2. The lowest BCUT2D eigenvalue weighted by Gasteiger charge is -2.36. The molecule has 2 heterocycles. The molecule has 0 saturated carbocycles. The van der Waals surface area contributed by atoms with Gasteiger partial charge in [-0.1, -0.05) is 30.3 Å². The summed E-state index contributed by atoms with van der Waals surface area (Å²) < 4.78 is 26.4. The fourth-order valence-corrected chi connectivity index (χ4v) is 4.23. The molecule has 20 heavy (non-hydrogen) atoms. The van der Waals surface area contributed by atoms with Crippen LogP contribution in [0.4, 0.5) is 0 Å². The third kappa shape index (κ3) is 2.95. The van der Waals surface area contributed by atoms with Gasteiger partial charge >= 0.3 is 0 Å². The van der Waals surface area contributed by atoms with E-state index in [1.165, 1.54) is 11.8 Å². The first-order valence-corrected chi connectivity index (χ1v) is 8.63. The van der Waals surface area contributed by atoms with E-state index in [9.17, 15) is 8.42 Å². The molecule has 108 valence electrons. The van der Waals surface area contributed by atoms with E-state index in [2.05, 4.69) is 4.90 Å². The van der Waals surface area contributed by atoms with E-state index in [-0.39, 0.29) is 0 Å². The molecule has 0 amide bonds. The summed E-state index contributed by atoms with van der Waals surface area (Å²) in [6.45, 7) is 3.24. The maximum atomic E-state index is 12.4. The van der Waals surface area contributed by atoms with Crippen LogP contribution < -0.4 is 0 Å². The van der Waals surface area contributed by atoms with Crippen LogP contribution in [0.1, 0.15) is 18.4 Å². The number of fused-ring (bicyclic) bond motifs is 1. The van der Waals surface area contributed by atoms with Crippen molar-refractivity contribution in [3.05, 3.63) is 41.3 Å². The number of hydrogen-bond donors (Lipinski definition) is 0. The van der Waals surface area contributed by atoms with E-state index in [0.717, 1.165) is 25.1 Å². The number of hydrogen-bond acceptors (Lipinski definition) is 3. The Morgan fingerprint density at radius 1 is 1.10 bits per heavy atom. The standard InChI is InChI=1S/C15H20N2O2S/c18-20(19,12-8-14-5-2-1-3-6-14)17-11-10-16-9-4-7-15(16)13-17/h1-3,5-6,8,12,15H,4,7,9-11,13H2. The summed E-state index contributed by atoms with van der Waals surface area (Å²) in [7, 11) is -3.29. The van der Waals surface area contributed by atoms with Crippen LogP contribution in [0.5, 0.6) is 0 Å². The van der Waals surface area contributed by atoms with E-state index >= 15 is 0 Å².